The summed E-state index contributed by atoms with van der Waals surface area (Å²) < 4.78 is 12.4. The molecule has 0 radical (unpaired) electrons. The molecule has 0 aliphatic rings. The Bertz CT molecular complexity index is 523. The summed E-state index contributed by atoms with van der Waals surface area (Å²) in [6, 6.07) is 8.04. The van der Waals surface area contributed by atoms with Crippen molar-refractivity contribution in [2.75, 3.05) is 0 Å². The maximum atomic E-state index is 10.5. The maximum absolute atomic E-state index is 10.5. The van der Waals surface area contributed by atoms with E-state index >= 15 is 0 Å². The lowest BCUT2D eigenvalue weighted by Gasteiger charge is -2.43. The van der Waals surface area contributed by atoms with Crippen LogP contribution in [0.4, 0.5) is 0 Å². The van der Waals surface area contributed by atoms with E-state index in [1.807, 2.05) is 52.0 Å². The van der Waals surface area contributed by atoms with E-state index in [1.54, 1.807) is 27.7 Å². The van der Waals surface area contributed by atoms with E-state index in [2.05, 4.69) is 6.92 Å². The summed E-state index contributed by atoms with van der Waals surface area (Å²) in [5, 5.41) is 20.9. The highest BCUT2D eigenvalue weighted by molar-refractivity contribution is 6.61. The van der Waals surface area contributed by atoms with Crippen LogP contribution in [0.5, 0.6) is 0 Å². The summed E-state index contributed by atoms with van der Waals surface area (Å²) in [7, 11) is -0.714. The zero-order valence-corrected chi connectivity index (χ0v) is 17.3. The zero-order chi connectivity index (χ0) is 19.7. The largest absolute Gasteiger partial charge is 0.494 e. The molecule has 1 aromatic carbocycles. The van der Waals surface area contributed by atoms with Gasteiger partial charge in [0.05, 0.1) is 22.4 Å². The molecule has 25 heavy (non-hydrogen) atoms. The van der Waals surface area contributed by atoms with Crippen LogP contribution in [0.2, 0.25) is 0 Å². The third-order valence-electron chi connectivity index (χ3n) is 5.41. The number of aryl methyl sites for hydroxylation is 1. The SMILES string of the molecule is CCc1ccc(B(OC(C)(C)C(C)(C)O)OC(C)(C)C(C)(C)O)cc1. The average molecular weight is 350 g/mol. The number of aliphatic hydroxyl groups is 2. The highest BCUT2D eigenvalue weighted by atomic mass is 16.6. The van der Waals surface area contributed by atoms with Gasteiger partial charge in [-0.3, -0.25) is 0 Å². The number of benzene rings is 1. The van der Waals surface area contributed by atoms with Gasteiger partial charge in [-0.1, -0.05) is 31.2 Å². The minimum absolute atomic E-state index is 0.714. The Kier molecular flexibility index (Phi) is 6.56. The average Bonchev–Trinajstić information content (AvgIpc) is 2.43. The highest BCUT2D eigenvalue weighted by Crippen LogP contribution is 2.30. The lowest BCUT2D eigenvalue weighted by molar-refractivity contribution is -0.131. The molecule has 0 heterocycles. The van der Waals surface area contributed by atoms with E-state index in [0.29, 0.717) is 0 Å². The lowest BCUT2D eigenvalue weighted by atomic mass is 9.73. The first kappa shape index (κ1) is 22.2. The maximum Gasteiger partial charge on any atom is 0.494 e. The molecule has 0 atom stereocenters. The number of hydrogen-bond acceptors (Lipinski definition) is 4. The van der Waals surface area contributed by atoms with Gasteiger partial charge in [-0.2, -0.15) is 0 Å². The van der Waals surface area contributed by atoms with Crippen LogP contribution in [0.1, 0.15) is 67.9 Å². The fourth-order valence-corrected chi connectivity index (χ4v) is 1.89. The van der Waals surface area contributed by atoms with Gasteiger partial charge < -0.3 is 19.5 Å². The first-order valence-corrected chi connectivity index (χ1v) is 9.00. The van der Waals surface area contributed by atoms with Crippen LogP contribution in [0.25, 0.3) is 0 Å². The van der Waals surface area contributed by atoms with Crippen LogP contribution in [0.3, 0.4) is 0 Å². The van der Waals surface area contributed by atoms with Crippen molar-refractivity contribution in [1.29, 1.82) is 0 Å². The summed E-state index contributed by atoms with van der Waals surface area (Å²) in [5.74, 6) is 0. The molecule has 142 valence electrons. The van der Waals surface area contributed by atoms with Gasteiger partial charge >= 0.3 is 7.12 Å². The van der Waals surface area contributed by atoms with Gasteiger partial charge in [0.25, 0.3) is 0 Å². The Hall–Kier alpha value is -0.875. The second-order valence-electron chi connectivity index (χ2n) is 8.80. The topological polar surface area (TPSA) is 58.9 Å². The van der Waals surface area contributed by atoms with Crippen LogP contribution < -0.4 is 5.46 Å². The molecule has 1 rings (SSSR count). The quantitative estimate of drug-likeness (QED) is 0.708. The molecule has 0 bridgehead atoms. The third-order valence-corrected chi connectivity index (χ3v) is 5.41. The van der Waals surface area contributed by atoms with Crippen LogP contribution >= 0.6 is 0 Å². The van der Waals surface area contributed by atoms with Crippen molar-refractivity contribution in [3.8, 4) is 0 Å². The molecular weight excluding hydrogens is 315 g/mol. The zero-order valence-electron chi connectivity index (χ0n) is 17.3. The standard InChI is InChI=1S/C20H35BO4/c1-10-15-11-13-16(14-12-15)21(24-19(6,7)17(2,3)22)25-20(8,9)18(4,5)23/h11-14,22-23H,10H2,1-9H3. The second-order valence-corrected chi connectivity index (χ2v) is 8.80. The molecule has 0 aliphatic carbocycles. The van der Waals surface area contributed by atoms with Crippen molar-refractivity contribution in [2.45, 2.75) is 91.1 Å². The van der Waals surface area contributed by atoms with Crippen molar-refractivity contribution in [3.63, 3.8) is 0 Å². The minimum Gasteiger partial charge on any atom is -0.399 e. The van der Waals surface area contributed by atoms with Crippen molar-refractivity contribution in [2.24, 2.45) is 0 Å². The molecule has 0 amide bonds. The van der Waals surface area contributed by atoms with E-state index in [9.17, 15) is 10.2 Å². The smallest absolute Gasteiger partial charge is 0.399 e. The molecule has 0 spiro atoms. The molecule has 0 saturated carbocycles. The van der Waals surface area contributed by atoms with E-state index in [1.165, 1.54) is 5.56 Å². The monoisotopic (exact) mass is 350 g/mol. The van der Waals surface area contributed by atoms with Gasteiger partial charge in [-0.15, -0.1) is 0 Å². The summed E-state index contributed by atoms with van der Waals surface area (Å²) in [4.78, 5) is 0. The normalized spacial score (nSPS) is 13.9. The predicted molar refractivity (Wildman–Crippen MR) is 104 cm³/mol. The molecule has 0 aliphatic heterocycles. The summed E-state index contributed by atoms with van der Waals surface area (Å²) in [5.41, 5.74) is -1.74. The molecule has 0 saturated heterocycles. The third kappa shape index (κ3) is 5.55. The molecule has 0 fully saturated rings. The number of hydrogen-bond donors (Lipinski definition) is 2. The van der Waals surface area contributed by atoms with Gasteiger partial charge in [0, 0.05) is 0 Å². The van der Waals surface area contributed by atoms with Crippen molar-refractivity contribution >= 4 is 12.6 Å². The number of rotatable bonds is 8. The molecule has 5 heteroatoms. The fourth-order valence-electron chi connectivity index (χ4n) is 1.89. The van der Waals surface area contributed by atoms with Crippen molar-refractivity contribution in [1.82, 2.24) is 0 Å². The van der Waals surface area contributed by atoms with E-state index in [0.717, 1.165) is 11.9 Å². The summed E-state index contributed by atoms with van der Waals surface area (Å²) in [6.45, 7) is 16.3. The van der Waals surface area contributed by atoms with Gasteiger partial charge in [-0.25, -0.2) is 0 Å². The van der Waals surface area contributed by atoms with Crippen LogP contribution in [0, 0.1) is 0 Å². The van der Waals surface area contributed by atoms with Gasteiger partial charge in [-0.05, 0) is 72.8 Å². The first-order valence-electron chi connectivity index (χ1n) is 9.00. The van der Waals surface area contributed by atoms with E-state index < -0.39 is 29.5 Å². The van der Waals surface area contributed by atoms with Crippen LogP contribution in [0.15, 0.2) is 24.3 Å². The Morgan fingerprint density at radius 1 is 0.760 bits per heavy atom. The molecule has 1 aromatic rings. The Balaban J connectivity index is 3.22. The molecule has 0 aromatic heterocycles. The fraction of sp³-hybridized carbons (Fsp3) is 0.700. The van der Waals surface area contributed by atoms with E-state index in [4.69, 9.17) is 9.31 Å². The Labute approximate surface area is 153 Å². The molecule has 2 N–H and O–H groups in total. The van der Waals surface area contributed by atoms with Crippen LogP contribution in [-0.4, -0.2) is 39.7 Å². The molecule has 0 unspecified atom stereocenters. The summed E-state index contributed by atoms with van der Waals surface area (Å²) >= 11 is 0. The second kappa shape index (κ2) is 7.39. The summed E-state index contributed by atoms with van der Waals surface area (Å²) in [6.07, 6.45) is 0.955. The van der Waals surface area contributed by atoms with Gasteiger partial charge in [0.15, 0.2) is 0 Å². The molecule has 4 nitrogen and oxygen atoms in total. The Morgan fingerprint density at radius 3 is 1.40 bits per heavy atom. The molecular formula is C20H35BO4. The predicted octanol–water partition coefficient (Wildman–Crippen LogP) is 3.08. The first-order chi connectivity index (χ1) is 11.1. The van der Waals surface area contributed by atoms with E-state index in [-0.39, 0.29) is 0 Å². The highest BCUT2D eigenvalue weighted by Gasteiger charge is 2.45. The Morgan fingerprint density at radius 2 is 1.12 bits per heavy atom. The van der Waals surface area contributed by atoms with Crippen LogP contribution in [-0.2, 0) is 15.7 Å². The lowest BCUT2D eigenvalue weighted by Crippen LogP contribution is -2.58. The van der Waals surface area contributed by atoms with Crippen molar-refractivity contribution in [3.05, 3.63) is 29.8 Å². The van der Waals surface area contributed by atoms with Gasteiger partial charge in [0.2, 0.25) is 0 Å². The minimum atomic E-state index is -1.06. The van der Waals surface area contributed by atoms with Gasteiger partial charge in [0.1, 0.15) is 0 Å². The van der Waals surface area contributed by atoms with Crippen molar-refractivity contribution < 1.29 is 19.5 Å².